The van der Waals surface area contributed by atoms with Gasteiger partial charge in [0.2, 0.25) is 0 Å². The SMILES string of the molecule is Cc1[nH]c(-c2ccccc2-c2nc3ccc(Cl)cc3[nH]2)nc1-c1ccccc1. The van der Waals surface area contributed by atoms with Crippen molar-refractivity contribution in [2.75, 3.05) is 0 Å². The van der Waals surface area contributed by atoms with Crippen molar-refractivity contribution in [2.45, 2.75) is 6.92 Å². The molecule has 3 aromatic carbocycles. The average Bonchev–Trinajstić information content (AvgIpc) is 3.31. The zero-order valence-corrected chi connectivity index (χ0v) is 16.0. The van der Waals surface area contributed by atoms with E-state index in [1.54, 1.807) is 0 Å². The molecule has 5 heteroatoms. The highest BCUT2D eigenvalue weighted by atomic mass is 35.5. The number of imidazole rings is 2. The van der Waals surface area contributed by atoms with Gasteiger partial charge in [0.1, 0.15) is 11.6 Å². The molecule has 2 aromatic heterocycles. The fourth-order valence-corrected chi connectivity index (χ4v) is 3.64. The zero-order chi connectivity index (χ0) is 19.1. The second kappa shape index (κ2) is 6.66. The summed E-state index contributed by atoms with van der Waals surface area (Å²) < 4.78 is 0. The Balaban J connectivity index is 1.64. The molecule has 2 heterocycles. The maximum absolute atomic E-state index is 6.12. The number of nitrogens with one attached hydrogen (secondary N) is 2. The molecule has 136 valence electrons. The van der Waals surface area contributed by atoms with E-state index in [4.69, 9.17) is 21.6 Å². The molecule has 0 saturated heterocycles. The van der Waals surface area contributed by atoms with Crippen LogP contribution < -0.4 is 0 Å². The lowest BCUT2D eigenvalue weighted by atomic mass is 10.1. The van der Waals surface area contributed by atoms with Gasteiger partial charge in [-0.15, -0.1) is 0 Å². The number of aryl methyl sites for hydroxylation is 1. The Morgan fingerprint density at radius 2 is 1.43 bits per heavy atom. The predicted octanol–water partition coefficient (Wildman–Crippen LogP) is 6.25. The van der Waals surface area contributed by atoms with Crippen molar-refractivity contribution in [3.63, 3.8) is 0 Å². The quantitative estimate of drug-likeness (QED) is 0.386. The highest BCUT2D eigenvalue weighted by molar-refractivity contribution is 6.31. The van der Waals surface area contributed by atoms with E-state index >= 15 is 0 Å². The zero-order valence-electron chi connectivity index (χ0n) is 15.2. The molecule has 0 saturated carbocycles. The van der Waals surface area contributed by atoms with Gasteiger partial charge in [0.05, 0.1) is 16.7 Å². The molecule has 0 atom stereocenters. The number of aromatic nitrogens is 4. The second-order valence-corrected chi connectivity index (χ2v) is 7.15. The molecule has 0 unspecified atom stereocenters. The normalized spacial score (nSPS) is 11.2. The van der Waals surface area contributed by atoms with Gasteiger partial charge in [-0.25, -0.2) is 9.97 Å². The summed E-state index contributed by atoms with van der Waals surface area (Å²) in [5, 5.41) is 0.685. The molecule has 0 fully saturated rings. The van der Waals surface area contributed by atoms with Gasteiger partial charge in [-0.3, -0.25) is 0 Å². The Labute approximate surface area is 167 Å². The number of hydrogen-bond acceptors (Lipinski definition) is 2. The van der Waals surface area contributed by atoms with Crippen molar-refractivity contribution in [3.8, 4) is 34.0 Å². The molecule has 2 N–H and O–H groups in total. The molecule has 0 radical (unpaired) electrons. The third kappa shape index (κ3) is 2.88. The van der Waals surface area contributed by atoms with Crippen LogP contribution in [0, 0.1) is 6.92 Å². The number of H-pyrrole nitrogens is 2. The van der Waals surface area contributed by atoms with Crippen molar-refractivity contribution in [2.24, 2.45) is 0 Å². The molecule has 4 nitrogen and oxygen atoms in total. The summed E-state index contributed by atoms with van der Waals surface area (Å²) in [4.78, 5) is 16.4. The number of nitrogens with zero attached hydrogens (tertiary/aromatic N) is 2. The Morgan fingerprint density at radius 3 is 2.18 bits per heavy atom. The molecule has 5 rings (SSSR count). The first-order valence-corrected chi connectivity index (χ1v) is 9.44. The Bertz CT molecular complexity index is 1280. The smallest absolute Gasteiger partial charge is 0.139 e. The highest BCUT2D eigenvalue weighted by Crippen LogP contribution is 2.33. The summed E-state index contributed by atoms with van der Waals surface area (Å²) >= 11 is 6.12. The van der Waals surface area contributed by atoms with Gasteiger partial charge < -0.3 is 9.97 Å². The number of halogens is 1. The minimum absolute atomic E-state index is 0.685. The summed E-state index contributed by atoms with van der Waals surface area (Å²) in [7, 11) is 0. The lowest BCUT2D eigenvalue weighted by molar-refractivity contribution is 1.25. The Hall–Kier alpha value is -3.37. The molecule has 0 spiro atoms. The van der Waals surface area contributed by atoms with Gasteiger partial charge in [-0.1, -0.05) is 66.2 Å². The number of fused-ring (bicyclic) bond motifs is 1. The fraction of sp³-hybridized carbons (Fsp3) is 0.0435. The van der Waals surface area contributed by atoms with Crippen molar-refractivity contribution in [1.29, 1.82) is 0 Å². The number of benzene rings is 3. The molecular weight excluding hydrogens is 368 g/mol. The Kier molecular flexibility index (Phi) is 3.99. The number of hydrogen-bond donors (Lipinski definition) is 2. The van der Waals surface area contributed by atoms with E-state index in [2.05, 4.69) is 34.2 Å². The maximum Gasteiger partial charge on any atom is 0.139 e. The molecule has 28 heavy (non-hydrogen) atoms. The van der Waals surface area contributed by atoms with E-state index in [0.29, 0.717) is 5.02 Å². The minimum atomic E-state index is 0.685. The van der Waals surface area contributed by atoms with Crippen LogP contribution in [-0.4, -0.2) is 19.9 Å². The monoisotopic (exact) mass is 384 g/mol. The predicted molar refractivity (Wildman–Crippen MR) is 114 cm³/mol. The van der Waals surface area contributed by atoms with E-state index in [-0.39, 0.29) is 0 Å². The summed E-state index contributed by atoms with van der Waals surface area (Å²) in [6, 6.07) is 24.0. The molecular formula is C23H17ClN4. The fourth-order valence-electron chi connectivity index (χ4n) is 3.47. The van der Waals surface area contributed by atoms with E-state index in [9.17, 15) is 0 Å². The molecule has 0 aliphatic heterocycles. The van der Waals surface area contributed by atoms with Crippen molar-refractivity contribution in [3.05, 3.63) is 83.5 Å². The molecule has 0 bridgehead atoms. The van der Waals surface area contributed by atoms with Gasteiger partial charge in [-0.2, -0.15) is 0 Å². The van der Waals surface area contributed by atoms with E-state index in [0.717, 1.165) is 50.8 Å². The van der Waals surface area contributed by atoms with Crippen LogP contribution in [0.15, 0.2) is 72.8 Å². The van der Waals surface area contributed by atoms with Crippen molar-refractivity contribution < 1.29 is 0 Å². The van der Waals surface area contributed by atoms with Gasteiger partial charge in [0, 0.05) is 27.4 Å². The van der Waals surface area contributed by atoms with E-state index < -0.39 is 0 Å². The first kappa shape index (κ1) is 16.8. The molecule has 5 aromatic rings. The first-order valence-electron chi connectivity index (χ1n) is 9.06. The topological polar surface area (TPSA) is 57.4 Å². The summed E-state index contributed by atoms with van der Waals surface area (Å²) in [5.74, 6) is 1.62. The van der Waals surface area contributed by atoms with E-state index in [1.807, 2.05) is 55.5 Å². The van der Waals surface area contributed by atoms with E-state index in [1.165, 1.54) is 0 Å². The van der Waals surface area contributed by atoms with Crippen LogP contribution in [0.5, 0.6) is 0 Å². The lowest BCUT2D eigenvalue weighted by Gasteiger charge is -2.04. The van der Waals surface area contributed by atoms with Gasteiger partial charge in [0.15, 0.2) is 0 Å². The number of aromatic amines is 2. The number of rotatable bonds is 3. The van der Waals surface area contributed by atoms with Crippen LogP contribution in [-0.2, 0) is 0 Å². The molecule has 0 amide bonds. The van der Waals surface area contributed by atoms with Crippen LogP contribution in [0.3, 0.4) is 0 Å². The minimum Gasteiger partial charge on any atom is -0.342 e. The van der Waals surface area contributed by atoms with Gasteiger partial charge in [-0.05, 0) is 25.1 Å². The van der Waals surface area contributed by atoms with Crippen LogP contribution in [0.1, 0.15) is 5.69 Å². The van der Waals surface area contributed by atoms with Gasteiger partial charge in [0.25, 0.3) is 0 Å². The Morgan fingerprint density at radius 1 is 0.750 bits per heavy atom. The average molecular weight is 385 g/mol. The summed E-state index contributed by atoms with van der Waals surface area (Å²) in [5.41, 5.74) is 6.88. The largest absolute Gasteiger partial charge is 0.342 e. The third-order valence-electron chi connectivity index (χ3n) is 4.81. The summed E-state index contributed by atoms with van der Waals surface area (Å²) in [6.45, 7) is 2.05. The van der Waals surface area contributed by atoms with Crippen LogP contribution in [0.4, 0.5) is 0 Å². The van der Waals surface area contributed by atoms with Crippen LogP contribution in [0.2, 0.25) is 5.02 Å². The maximum atomic E-state index is 6.12. The molecule has 0 aliphatic carbocycles. The van der Waals surface area contributed by atoms with Gasteiger partial charge >= 0.3 is 0 Å². The van der Waals surface area contributed by atoms with Crippen molar-refractivity contribution in [1.82, 2.24) is 19.9 Å². The highest BCUT2D eigenvalue weighted by Gasteiger charge is 2.16. The standard InChI is InChI=1S/C23H17ClN4/c1-14-21(15-7-3-2-4-8-15)28-22(25-14)17-9-5-6-10-18(17)23-26-19-12-11-16(24)13-20(19)27-23/h2-13H,1H3,(H,25,28)(H,26,27). The first-order chi connectivity index (χ1) is 13.7. The van der Waals surface area contributed by atoms with Crippen LogP contribution in [0.25, 0.3) is 45.1 Å². The summed E-state index contributed by atoms with van der Waals surface area (Å²) in [6.07, 6.45) is 0. The third-order valence-corrected chi connectivity index (χ3v) is 5.05. The molecule has 0 aliphatic rings. The van der Waals surface area contributed by atoms with Crippen molar-refractivity contribution >= 4 is 22.6 Å². The van der Waals surface area contributed by atoms with Crippen LogP contribution >= 0.6 is 11.6 Å². The second-order valence-electron chi connectivity index (χ2n) is 6.72. The lowest BCUT2D eigenvalue weighted by Crippen LogP contribution is -1.88.